The molecule has 1 aromatic heterocycles. The van der Waals surface area contributed by atoms with Crippen LogP contribution in [-0.2, 0) is 16.1 Å². The van der Waals surface area contributed by atoms with Crippen LogP contribution in [0.25, 0.3) is 0 Å². The van der Waals surface area contributed by atoms with Gasteiger partial charge in [-0.15, -0.1) is 0 Å². The first-order chi connectivity index (χ1) is 8.63. The second-order valence-electron chi connectivity index (χ2n) is 4.42. The van der Waals surface area contributed by atoms with Crippen LogP contribution in [0.1, 0.15) is 24.5 Å². The van der Waals surface area contributed by atoms with Crippen molar-refractivity contribution in [1.29, 1.82) is 0 Å². The van der Waals surface area contributed by atoms with Gasteiger partial charge in [-0.25, -0.2) is 0 Å². The Morgan fingerprint density at radius 2 is 2.28 bits per heavy atom. The third-order valence-electron chi connectivity index (χ3n) is 3.25. The standard InChI is InChI=1S/C13H17N3O2/c1-3-16-12(17)6-11(13(16)18)15-8-10-7-14-5-4-9(10)2/h4-5,7,11,15H,3,6,8H2,1-2H3. The normalized spacial score (nSPS) is 19.7. The average Bonchev–Trinajstić information content (AvgIpc) is 2.63. The van der Waals surface area contributed by atoms with Crippen LogP contribution in [0.15, 0.2) is 18.5 Å². The van der Waals surface area contributed by atoms with Gasteiger partial charge < -0.3 is 5.32 Å². The Kier molecular flexibility index (Phi) is 3.72. The number of hydrogen-bond donors (Lipinski definition) is 1. The minimum atomic E-state index is -0.392. The largest absolute Gasteiger partial charge is 0.301 e. The highest BCUT2D eigenvalue weighted by Crippen LogP contribution is 2.13. The molecule has 1 saturated heterocycles. The highest BCUT2D eigenvalue weighted by Gasteiger charge is 2.36. The number of amides is 2. The Morgan fingerprint density at radius 3 is 2.89 bits per heavy atom. The molecule has 1 unspecified atom stereocenters. The third-order valence-corrected chi connectivity index (χ3v) is 3.25. The molecule has 5 nitrogen and oxygen atoms in total. The second-order valence-corrected chi connectivity index (χ2v) is 4.42. The van der Waals surface area contributed by atoms with E-state index in [4.69, 9.17) is 0 Å². The number of likely N-dealkylation sites (N-methyl/N-ethyl adjacent to an activating group) is 1. The molecule has 0 bridgehead atoms. The Labute approximate surface area is 106 Å². The van der Waals surface area contributed by atoms with Crippen LogP contribution in [0, 0.1) is 6.92 Å². The van der Waals surface area contributed by atoms with Crippen LogP contribution < -0.4 is 5.32 Å². The lowest BCUT2D eigenvalue weighted by Crippen LogP contribution is -2.38. The zero-order chi connectivity index (χ0) is 13.1. The summed E-state index contributed by atoms with van der Waals surface area (Å²) in [4.78, 5) is 28.8. The van der Waals surface area contributed by atoms with Crippen molar-refractivity contribution in [3.05, 3.63) is 29.6 Å². The SMILES string of the molecule is CCN1C(=O)CC(NCc2cnccc2C)C1=O. The predicted octanol–water partition coefficient (Wildman–Crippen LogP) is 0.627. The zero-order valence-corrected chi connectivity index (χ0v) is 10.6. The summed E-state index contributed by atoms with van der Waals surface area (Å²) >= 11 is 0. The molecule has 5 heteroatoms. The van der Waals surface area contributed by atoms with E-state index in [1.54, 1.807) is 12.4 Å². The summed E-state index contributed by atoms with van der Waals surface area (Å²) in [7, 11) is 0. The van der Waals surface area contributed by atoms with Crippen molar-refractivity contribution in [1.82, 2.24) is 15.2 Å². The van der Waals surface area contributed by atoms with Crippen molar-refractivity contribution in [3.8, 4) is 0 Å². The Balaban J connectivity index is 1.98. The first-order valence-electron chi connectivity index (χ1n) is 6.10. The van der Waals surface area contributed by atoms with Gasteiger partial charge in [0.05, 0.1) is 12.5 Å². The molecule has 1 atom stereocenters. The topological polar surface area (TPSA) is 62.3 Å². The molecule has 96 valence electrons. The molecule has 2 rings (SSSR count). The maximum absolute atomic E-state index is 11.9. The lowest BCUT2D eigenvalue weighted by Gasteiger charge is -2.13. The molecule has 0 aliphatic carbocycles. The number of likely N-dealkylation sites (tertiary alicyclic amines) is 1. The average molecular weight is 247 g/mol. The lowest BCUT2D eigenvalue weighted by molar-refractivity contribution is -0.138. The molecule has 1 aromatic rings. The number of aryl methyl sites for hydroxylation is 1. The van der Waals surface area contributed by atoms with Crippen LogP contribution in [-0.4, -0.2) is 34.3 Å². The molecule has 18 heavy (non-hydrogen) atoms. The fourth-order valence-corrected chi connectivity index (χ4v) is 2.09. The highest BCUT2D eigenvalue weighted by molar-refractivity contribution is 6.05. The van der Waals surface area contributed by atoms with E-state index in [0.717, 1.165) is 11.1 Å². The summed E-state index contributed by atoms with van der Waals surface area (Å²) in [5, 5.41) is 3.13. The Bertz CT molecular complexity index is 473. The number of carbonyl (C=O) groups excluding carboxylic acids is 2. The van der Waals surface area contributed by atoms with Gasteiger partial charge >= 0.3 is 0 Å². The van der Waals surface area contributed by atoms with Crippen molar-refractivity contribution >= 4 is 11.8 Å². The number of hydrogen-bond acceptors (Lipinski definition) is 4. The summed E-state index contributed by atoms with van der Waals surface area (Å²) in [5.74, 6) is -0.216. The lowest BCUT2D eigenvalue weighted by atomic mass is 10.1. The fraction of sp³-hybridized carbons (Fsp3) is 0.462. The molecule has 1 fully saturated rings. The number of nitrogens with zero attached hydrogens (tertiary/aromatic N) is 2. The molecular weight excluding hydrogens is 230 g/mol. The van der Waals surface area contributed by atoms with Crippen molar-refractivity contribution in [2.45, 2.75) is 32.9 Å². The van der Waals surface area contributed by atoms with Crippen molar-refractivity contribution < 1.29 is 9.59 Å². The van der Waals surface area contributed by atoms with E-state index in [-0.39, 0.29) is 18.2 Å². The summed E-state index contributed by atoms with van der Waals surface area (Å²) in [5.41, 5.74) is 2.18. The van der Waals surface area contributed by atoms with Crippen molar-refractivity contribution in [3.63, 3.8) is 0 Å². The third kappa shape index (κ3) is 2.41. The van der Waals surface area contributed by atoms with E-state index in [9.17, 15) is 9.59 Å². The highest BCUT2D eigenvalue weighted by atomic mass is 16.2. The minimum Gasteiger partial charge on any atom is -0.301 e. The van der Waals surface area contributed by atoms with Crippen molar-refractivity contribution in [2.24, 2.45) is 0 Å². The number of imide groups is 1. The Morgan fingerprint density at radius 1 is 1.50 bits per heavy atom. The quantitative estimate of drug-likeness (QED) is 0.793. The molecule has 0 saturated carbocycles. The van der Waals surface area contributed by atoms with Gasteiger partial charge in [-0.2, -0.15) is 0 Å². The molecule has 0 spiro atoms. The van der Waals surface area contributed by atoms with E-state index in [0.29, 0.717) is 13.1 Å². The number of pyridine rings is 1. The predicted molar refractivity (Wildman–Crippen MR) is 66.6 cm³/mol. The Hall–Kier alpha value is -1.75. The fourth-order valence-electron chi connectivity index (χ4n) is 2.09. The first kappa shape index (κ1) is 12.7. The van der Waals surface area contributed by atoms with Crippen LogP contribution in [0.5, 0.6) is 0 Å². The van der Waals surface area contributed by atoms with Gasteiger partial charge in [0.25, 0.3) is 0 Å². The second kappa shape index (κ2) is 5.27. The molecule has 0 radical (unpaired) electrons. The molecule has 0 aromatic carbocycles. The van der Waals surface area contributed by atoms with Gasteiger partial charge in [-0.05, 0) is 31.0 Å². The monoisotopic (exact) mass is 247 g/mol. The summed E-state index contributed by atoms with van der Waals surface area (Å²) in [6, 6.07) is 1.54. The first-order valence-corrected chi connectivity index (χ1v) is 6.10. The summed E-state index contributed by atoms with van der Waals surface area (Å²) in [6.07, 6.45) is 3.77. The summed E-state index contributed by atoms with van der Waals surface area (Å²) in [6.45, 7) is 4.81. The number of rotatable bonds is 4. The molecule has 1 aliphatic heterocycles. The van der Waals surface area contributed by atoms with E-state index < -0.39 is 6.04 Å². The van der Waals surface area contributed by atoms with Gasteiger partial charge in [-0.1, -0.05) is 0 Å². The van der Waals surface area contributed by atoms with Crippen LogP contribution in [0.3, 0.4) is 0 Å². The zero-order valence-electron chi connectivity index (χ0n) is 10.6. The number of aromatic nitrogens is 1. The van der Waals surface area contributed by atoms with E-state index in [2.05, 4.69) is 10.3 Å². The van der Waals surface area contributed by atoms with Gasteiger partial charge in [-0.3, -0.25) is 19.5 Å². The van der Waals surface area contributed by atoms with Gasteiger partial charge in [0.2, 0.25) is 11.8 Å². The van der Waals surface area contributed by atoms with Crippen molar-refractivity contribution in [2.75, 3.05) is 6.54 Å². The minimum absolute atomic E-state index is 0.0945. The van der Waals surface area contributed by atoms with Crippen LogP contribution in [0.2, 0.25) is 0 Å². The van der Waals surface area contributed by atoms with Crippen LogP contribution >= 0.6 is 0 Å². The molecule has 1 aliphatic rings. The van der Waals surface area contributed by atoms with E-state index in [1.165, 1.54) is 4.90 Å². The van der Waals surface area contributed by atoms with Crippen LogP contribution in [0.4, 0.5) is 0 Å². The maximum atomic E-state index is 11.9. The van der Waals surface area contributed by atoms with Gasteiger partial charge in [0.15, 0.2) is 0 Å². The smallest absolute Gasteiger partial charge is 0.246 e. The molecule has 1 N–H and O–H groups in total. The van der Waals surface area contributed by atoms with E-state index >= 15 is 0 Å². The van der Waals surface area contributed by atoms with Gasteiger partial charge in [0, 0.05) is 25.5 Å². The summed E-state index contributed by atoms with van der Waals surface area (Å²) < 4.78 is 0. The van der Waals surface area contributed by atoms with E-state index in [1.807, 2.05) is 19.9 Å². The molecule has 2 heterocycles. The number of nitrogens with one attached hydrogen (secondary N) is 1. The maximum Gasteiger partial charge on any atom is 0.246 e. The van der Waals surface area contributed by atoms with Gasteiger partial charge in [0.1, 0.15) is 0 Å². The molecule has 2 amide bonds. The number of carbonyl (C=O) groups is 2. The molecular formula is C13H17N3O2.